The molecule has 0 aliphatic carbocycles. The first-order valence-corrected chi connectivity index (χ1v) is 3.63. The molecular formula is C7H11F5O. The van der Waals surface area contributed by atoms with E-state index in [1.807, 2.05) is 0 Å². The summed E-state index contributed by atoms with van der Waals surface area (Å²) >= 11 is 0. The van der Waals surface area contributed by atoms with Gasteiger partial charge in [0.1, 0.15) is 0 Å². The molecule has 0 bridgehead atoms. The fourth-order valence-electron chi connectivity index (χ4n) is 0.605. The number of alkyl halides is 5. The normalized spacial score (nSPS) is 14.8. The Balaban J connectivity index is 4.21. The largest absolute Gasteiger partial charge is 0.453 e. The maximum Gasteiger partial charge on any atom is 0.453 e. The van der Waals surface area contributed by atoms with E-state index in [0.29, 0.717) is 0 Å². The van der Waals surface area contributed by atoms with E-state index in [0.717, 1.165) is 0 Å². The molecule has 0 aliphatic heterocycles. The number of aliphatic hydroxyl groups is 1. The van der Waals surface area contributed by atoms with Crippen molar-refractivity contribution in [2.75, 3.05) is 0 Å². The highest BCUT2D eigenvalue weighted by atomic mass is 19.4. The van der Waals surface area contributed by atoms with E-state index in [1.165, 1.54) is 13.8 Å². The molecule has 13 heavy (non-hydrogen) atoms. The Morgan fingerprint density at radius 2 is 1.31 bits per heavy atom. The van der Waals surface area contributed by atoms with Crippen LogP contribution in [-0.4, -0.2) is 22.8 Å². The fourth-order valence-corrected chi connectivity index (χ4v) is 0.605. The Labute approximate surface area is 72.6 Å². The molecule has 0 aliphatic rings. The molecule has 1 N–H and O–H groups in total. The minimum Gasteiger partial charge on any atom is -0.390 e. The number of hydrogen-bond donors (Lipinski definition) is 1. The lowest BCUT2D eigenvalue weighted by Gasteiger charge is -2.23. The van der Waals surface area contributed by atoms with Gasteiger partial charge in [-0.1, -0.05) is 0 Å². The standard InChI is InChI=1S/C7H11F5O/c1-5(2,13)3-4-6(8,9)7(10,11)12/h13H,3-4H2,1-2H3. The van der Waals surface area contributed by atoms with E-state index < -0.39 is 30.5 Å². The van der Waals surface area contributed by atoms with Crippen LogP contribution in [0.5, 0.6) is 0 Å². The predicted molar refractivity (Wildman–Crippen MR) is 36.5 cm³/mol. The Morgan fingerprint density at radius 1 is 0.923 bits per heavy atom. The maximum atomic E-state index is 12.2. The summed E-state index contributed by atoms with van der Waals surface area (Å²) in [6.45, 7) is 2.36. The predicted octanol–water partition coefficient (Wildman–Crippen LogP) is 2.74. The first-order chi connectivity index (χ1) is 5.46. The Kier molecular flexibility index (Phi) is 3.30. The minimum atomic E-state index is -5.53. The highest BCUT2D eigenvalue weighted by Crippen LogP contribution is 2.39. The molecule has 6 heteroatoms. The molecule has 0 atom stereocenters. The van der Waals surface area contributed by atoms with Gasteiger partial charge in [0.2, 0.25) is 0 Å². The van der Waals surface area contributed by atoms with E-state index in [4.69, 9.17) is 5.11 Å². The maximum absolute atomic E-state index is 12.2. The smallest absolute Gasteiger partial charge is 0.390 e. The van der Waals surface area contributed by atoms with Gasteiger partial charge in [-0.2, -0.15) is 22.0 Å². The zero-order chi connectivity index (χ0) is 10.9. The zero-order valence-electron chi connectivity index (χ0n) is 7.25. The van der Waals surface area contributed by atoms with E-state index >= 15 is 0 Å². The monoisotopic (exact) mass is 206 g/mol. The lowest BCUT2D eigenvalue weighted by molar-refractivity contribution is -0.286. The van der Waals surface area contributed by atoms with Crippen LogP contribution in [0.25, 0.3) is 0 Å². The summed E-state index contributed by atoms with van der Waals surface area (Å²) in [6, 6.07) is 0. The topological polar surface area (TPSA) is 20.2 Å². The van der Waals surface area contributed by atoms with Crippen molar-refractivity contribution < 1.29 is 27.1 Å². The number of halogens is 5. The van der Waals surface area contributed by atoms with Gasteiger partial charge in [-0.25, -0.2) is 0 Å². The van der Waals surface area contributed by atoms with Crippen molar-refractivity contribution in [2.45, 2.75) is 44.4 Å². The van der Waals surface area contributed by atoms with Gasteiger partial charge in [0.15, 0.2) is 0 Å². The molecule has 0 amide bonds. The molecule has 0 radical (unpaired) electrons. The molecule has 0 rings (SSSR count). The van der Waals surface area contributed by atoms with E-state index in [2.05, 4.69) is 0 Å². The molecule has 0 aromatic rings. The van der Waals surface area contributed by atoms with Gasteiger partial charge in [-0.3, -0.25) is 0 Å². The van der Waals surface area contributed by atoms with Crippen molar-refractivity contribution in [2.24, 2.45) is 0 Å². The van der Waals surface area contributed by atoms with E-state index in [1.54, 1.807) is 0 Å². The van der Waals surface area contributed by atoms with Crippen LogP contribution >= 0.6 is 0 Å². The molecule has 80 valence electrons. The lowest BCUT2D eigenvalue weighted by atomic mass is 10.00. The molecule has 0 saturated carbocycles. The summed E-state index contributed by atoms with van der Waals surface area (Å²) in [5.74, 6) is -4.72. The van der Waals surface area contributed by atoms with Crippen LogP contribution < -0.4 is 0 Å². The Hall–Kier alpha value is -0.390. The van der Waals surface area contributed by atoms with Crippen molar-refractivity contribution in [1.82, 2.24) is 0 Å². The molecule has 0 saturated heterocycles. The molecule has 0 aromatic heterocycles. The molecule has 0 heterocycles. The molecule has 0 unspecified atom stereocenters. The summed E-state index contributed by atoms with van der Waals surface area (Å²) in [4.78, 5) is 0. The average molecular weight is 206 g/mol. The summed E-state index contributed by atoms with van der Waals surface area (Å²) in [5, 5.41) is 8.95. The lowest BCUT2D eigenvalue weighted by Crippen LogP contribution is -2.38. The highest BCUT2D eigenvalue weighted by molar-refractivity contribution is 4.79. The van der Waals surface area contributed by atoms with Crippen LogP contribution in [-0.2, 0) is 0 Å². The second kappa shape index (κ2) is 3.40. The van der Waals surface area contributed by atoms with Crippen molar-refractivity contribution in [1.29, 1.82) is 0 Å². The first-order valence-electron chi connectivity index (χ1n) is 3.63. The third kappa shape index (κ3) is 4.40. The van der Waals surface area contributed by atoms with Gasteiger partial charge >= 0.3 is 12.1 Å². The van der Waals surface area contributed by atoms with Gasteiger partial charge in [-0.15, -0.1) is 0 Å². The highest BCUT2D eigenvalue weighted by Gasteiger charge is 2.57. The quantitative estimate of drug-likeness (QED) is 0.704. The van der Waals surface area contributed by atoms with Gasteiger partial charge in [0.05, 0.1) is 5.60 Å². The number of hydrogen-bond acceptors (Lipinski definition) is 1. The van der Waals surface area contributed by atoms with E-state index in [-0.39, 0.29) is 0 Å². The summed E-state index contributed by atoms with van der Waals surface area (Å²) < 4.78 is 59.2. The molecule has 0 aromatic carbocycles. The zero-order valence-corrected chi connectivity index (χ0v) is 7.25. The summed E-state index contributed by atoms with van der Waals surface area (Å²) in [5.41, 5.74) is -1.51. The fraction of sp³-hybridized carbons (Fsp3) is 1.00. The number of rotatable bonds is 3. The Morgan fingerprint density at radius 3 is 1.54 bits per heavy atom. The van der Waals surface area contributed by atoms with Crippen LogP contribution in [0.3, 0.4) is 0 Å². The average Bonchev–Trinajstić information content (AvgIpc) is 1.79. The molecule has 0 spiro atoms. The third-order valence-corrected chi connectivity index (χ3v) is 1.47. The van der Waals surface area contributed by atoms with Crippen LogP contribution in [0.4, 0.5) is 22.0 Å². The van der Waals surface area contributed by atoms with Crippen molar-refractivity contribution in [3.05, 3.63) is 0 Å². The second-order valence-corrected chi connectivity index (χ2v) is 3.51. The van der Waals surface area contributed by atoms with Crippen molar-refractivity contribution in [3.63, 3.8) is 0 Å². The molecule has 1 nitrogen and oxygen atoms in total. The molecule has 0 fully saturated rings. The van der Waals surface area contributed by atoms with Gasteiger partial charge < -0.3 is 5.11 Å². The minimum absolute atomic E-state index is 0.598. The van der Waals surface area contributed by atoms with Crippen molar-refractivity contribution >= 4 is 0 Å². The van der Waals surface area contributed by atoms with Crippen LogP contribution in [0.15, 0.2) is 0 Å². The summed E-state index contributed by atoms with van der Waals surface area (Å²) in [6.07, 6.45) is -7.52. The third-order valence-electron chi connectivity index (χ3n) is 1.47. The van der Waals surface area contributed by atoms with Crippen LogP contribution in [0.2, 0.25) is 0 Å². The summed E-state index contributed by atoms with van der Waals surface area (Å²) in [7, 11) is 0. The van der Waals surface area contributed by atoms with Gasteiger partial charge in [0, 0.05) is 6.42 Å². The molecular weight excluding hydrogens is 195 g/mol. The SMILES string of the molecule is CC(C)(O)CCC(F)(F)C(F)(F)F. The van der Waals surface area contributed by atoms with Gasteiger partial charge in [0.25, 0.3) is 0 Å². The Bertz CT molecular complexity index is 167. The first kappa shape index (κ1) is 12.6. The van der Waals surface area contributed by atoms with Crippen LogP contribution in [0.1, 0.15) is 26.7 Å². The second-order valence-electron chi connectivity index (χ2n) is 3.51. The van der Waals surface area contributed by atoms with Crippen LogP contribution in [0, 0.1) is 0 Å². The van der Waals surface area contributed by atoms with E-state index in [9.17, 15) is 22.0 Å². The van der Waals surface area contributed by atoms with Gasteiger partial charge in [-0.05, 0) is 20.3 Å². The van der Waals surface area contributed by atoms with Crippen molar-refractivity contribution in [3.8, 4) is 0 Å².